The fourth-order valence-corrected chi connectivity index (χ4v) is 6.53. The van der Waals surface area contributed by atoms with Gasteiger partial charge >= 0.3 is 0 Å². The second kappa shape index (κ2) is 16.4. The first-order valence-electron chi connectivity index (χ1n) is 15.3. The van der Waals surface area contributed by atoms with Crippen LogP contribution in [0.25, 0.3) is 0 Å². The lowest BCUT2D eigenvalue weighted by molar-refractivity contribution is -0.140. The van der Waals surface area contributed by atoms with Crippen LogP contribution in [0.4, 0.5) is 10.1 Å². The number of ether oxygens (including phenoxy) is 1. The monoisotopic (exact) mass is 679 g/mol. The Morgan fingerprint density at radius 3 is 2.15 bits per heavy atom. The summed E-state index contributed by atoms with van der Waals surface area (Å²) in [6.07, 6.45) is 0.175. The molecule has 2 amide bonds. The molecule has 0 saturated heterocycles. The average molecular weight is 680 g/mol. The zero-order chi connectivity index (χ0) is 34.0. The molecule has 0 aliphatic rings. The van der Waals surface area contributed by atoms with Gasteiger partial charge in [0.15, 0.2) is 0 Å². The topological polar surface area (TPSA) is 96.0 Å². The molecule has 47 heavy (non-hydrogen) atoms. The van der Waals surface area contributed by atoms with Crippen LogP contribution in [-0.4, -0.2) is 50.9 Å². The summed E-state index contributed by atoms with van der Waals surface area (Å²) in [6, 6.07) is 25.9. The maximum Gasteiger partial charge on any atom is 0.264 e. The van der Waals surface area contributed by atoms with E-state index in [2.05, 4.69) is 5.32 Å². The van der Waals surface area contributed by atoms with Gasteiger partial charge in [-0.1, -0.05) is 74.0 Å². The molecule has 248 valence electrons. The summed E-state index contributed by atoms with van der Waals surface area (Å²) in [7, 11) is -4.38. The molecule has 0 spiro atoms. The van der Waals surface area contributed by atoms with Gasteiger partial charge in [-0.15, -0.1) is 0 Å². The fourth-order valence-electron chi connectivity index (χ4n) is 4.92. The molecule has 0 radical (unpaired) electrons. The first kappa shape index (κ1) is 35.4. The van der Waals surface area contributed by atoms with Crippen molar-refractivity contribution in [2.45, 2.75) is 44.7 Å². The Hall–Kier alpha value is -4.41. The number of amides is 2. The van der Waals surface area contributed by atoms with Gasteiger partial charge in [-0.3, -0.25) is 13.9 Å². The molecular weight excluding hydrogens is 641 g/mol. The number of rotatable bonds is 15. The minimum Gasteiger partial charge on any atom is -0.494 e. The Bertz CT molecular complexity index is 1740. The molecule has 0 aliphatic carbocycles. The van der Waals surface area contributed by atoms with E-state index in [0.29, 0.717) is 29.5 Å². The number of nitrogens with zero attached hydrogens (tertiary/aromatic N) is 2. The smallest absolute Gasteiger partial charge is 0.264 e. The van der Waals surface area contributed by atoms with E-state index in [-0.39, 0.29) is 35.4 Å². The van der Waals surface area contributed by atoms with Crippen molar-refractivity contribution in [1.29, 1.82) is 0 Å². The SMILES string of the molecule is CCOc1ccc(N(CC(=O)N(Cc2ccccc2Cl)[C@H](Cc2ccccc2)C(=O)NCC(C)C)S(=O)(=O)c2ccc(F)cc2)cc1. The van der Waals surface area contributed by atoms with Gasteiger partial charge in [-0.2, -0.15) is 0 Å². The number of carbonyl (C=O) groups excluding carboxylic acids is 2. The van der Waals surface area contributed by atoms with E-state index in [1.807, 2.05) is 51.1 Å². The predicted molar refractivity (Wildman–Crippen MR) is 182 cm³/mol. The highest BCUT2D eigenvalue weighted by molar-refractivity contribution is 7.92. The number of halogens is 2. The summed E-state index contributed by atoms with van der Waals surface area (Å²) in [5.74, 6) is -0.941. The van der Waals surface area contributed by atoms with Crippen molar-refractivity contribution in [1.82, 2.24) is 10.2 Å². The van der Waals surface area contributed by atoms with Gasteiger partial charge in [0.2, 0.25) is 11.8 Å². The van der Waals surface area contributed by atoms with Crippen LogP contribution in [0, 0.1) is 11.7 Å². The summed E-state index contributed by atoms with van der Waals surface area (Å²) >= 11 is 6.54. The third-order valence-electron chi connectivity index (χ3n) is 7.37. The minimum atomic E-state index is -4.38. The zero-order valence-electron chi connectivity index (χ0n) is 26.6. The van der Waals surface area contributed by atoms with Crippen LogP contribution >= 0.6 is 11.6 Å². The Morgan fingerprint density at radius 2 is 1.53 bits per heavy atom. The minimum absolute atomic E-state index is 0.0567. The molecule has 4 aromatic carbocycles. The van der Waals surface area contributed by atoms with Gasteiger partial charge in [0.25, 0.3) is 10.0 Å². The number of hydrogen-bond donors (Lipinski definition) is 1. The largest absolute Gasteiger partial charge is 0.494 e. The van der Waals surface area contributed by atoms with E-state index < -0.39 is 34.3 Å². The van der Waals surface area contributed by atoms with Crippen LogP contribution in [0.2, 0.25) is 5.02 Å². The van der Waals surface area contributed by atoms with Crippen molar-refractivity contribution in [3.63, 3.8) is 0 Å². The molecule has 0 fully saturated rings. The number of hydrogen-bond acceptors (Lipinski definition) is 5. The highest BCUT2D eigenvalue weighted by Gasteiger charge is 2.35. The molecule has 8 nitrogen and oxygen atoms in total. The van der Waals surface area contributed by atoms with Gasteiger partial charge in [0.1, 0.15) is 24.2 Å². The molecule has 0 bridgehead atoms. The van der Waals surface area contributed by atoms with E-state index in [0.717, 1.165) is 34.1 Å². The van der Waals surface area contributed by atoms with E-state index in [4.69, 9.17) is 16.3 Å². The average Bonchev–Trinajstić information content (AvgIpc) is 3.06. The van der Waals surface area contributed by atoms with Crippen LogP contribution < -0.4 is 14.4 Å². The molecule has 4 aromatic rings. The predicted octanol–water partition coefficient (Wildman–Crippen LogP) is 6.49. The molecule has 1 atom stereocenters. The molecule has 1 N–H and O–H groups in total. The normalized spacial score (nSPS) is 12.0. The van der Waals surface area contributed by atoms with Crippen molar-refractivity contribution < 1.29 is 27.1 Å². The summed E-state index contributed by atoms with van der Waals surface area (Å²) in [5, 5.41) is 3.35. The lowest BCUT2D eigenvalue weighted by atomic mass is 10.0. The number of nitrogens with one attached hydrogen (secondary N) is 1. The molecule has 0 saturated carbocycles. The Balaban J connectivity index is 1.80. The molecule has 0 aliphatic heterocycles. The second-order valence-corrected chi connectivity index (χ2v) is 13.6. The molecule has 0 heterocycles. The quantitative estimate of drug-likeness (QED) is 0.155. The Labute approximate surface area is 281 Å². The van der Waals surface area contributed by atoms with E-state index in [1.165, 1.54) is 17.0 Å². The number of carbonyl (C=O) groups is 2. The summed E-state index contributed by atoms with van der Waals surface area (Å²) in [6.45, 7) is 5.85. The first-order valence-corrected chi connectivity index (χ1v) is 17.2. The lowest BCUT2D eigenvalue weighted by Crippen LogP contribution is -2.53. The van der Waals surface area contributed by atoms with E-state index in [1.54, 1.807) is 36.4 Å². The molecule has 0 aromatic heterocycles. The van der Waals surface area contributed by atoms with Crippen LogP contribution in [0.3, 0.4) is 0 Å². The molecule has 0 unspecified atom stereocenters. The van der Waals surface area contributed by atoms with Crippen molar-refractivity contribution >= 4 is 39.1 Å². The van der Waals surface area contributed by atoms with Gasteiger partial charge in [0.05, 0.1) is 17.2 Å². The standard InChI is InChI=1S/C36H39ClFN3O5S/c1-4-46-31-18-16-30(17-19-31)41(47(44,45)32-20-14-29(38)15-21-32)25-35(42)40(24-28-12-8-9-13-33(28)37)34(36(43)39-23-26(2)3)22-27-10-6-5-7-11-27/h5-21,26,34H,4,22-25H2,1-3H3,(H,39,43)/t34-/m1/s1. The van der Waals surface area contributed by atoms with Crippen molar-refractivity contribution in [2.75, 3.05) is 24.0 Å². The van der Waals surface area contributed by atoms with Crippen LogP contribution in [0.15, 0.2) is 108 Å². The third kappa shape index (κ3) is 9.56. The zero-order valence-corrected chi connectivity index (χ0v) is 28.2. The van der Waals surface area contributed by atoms with Gasteiger partial charge in [0, 0.05) is 24.5 Å². The number of benzene rings is 4. The maximum atomic E-state index is 14.5. The second-order valence-electron chi connectivity index (χ2n) is 11.4. The maximum absolute atomic E-state index is 14.5. The molecular formula is C36H39ClFN3O5S. The summed E-state index contributed by atoms with van der Waals surface area (Å²) in [4.78, 5) is 29.6. The highest BCUT2D eigenvalue weighted by Crippen LogP contribution is 2.28. The van der Waals surface area contributed by atoms with Crippen LogP contribution in [-0.2, 0) is 32.6 Å². The van der Waals surface area contributed by atoms with Crippen molar-refractivity contribution in [3.05, 3.63) is 125 Å². The van der Waals surface area contributed by atoms with Crippen molar-refractivity contribution in [2.24, 2.45) is 5.92 Å². The Kier molecular flexibility index (Phi) is 12.4. The Morgan fingerprint density at radius 1 is 0.894 bits per heavy atom. The van der Waals surface area contributed by atoms with Crippen LogP contribution in [0.5, 0.6) is 5.75 Å². The van der Waals surface area contributed by atoms with Gasteiger partial charge < -0.3 is 15.0 Å². The summed E-state index contributed by atoms with van der Waals surface area (Å²) in [5.41, 5.74) is 1.59. The van der Waals surface area contributed by atoms with Crippen LogP contribution in [0.1, 0.15) is 31.9 Å². The first-order chi connectivity index (χ1) is 22.5. The van der Waals surface area contributed by atoms with Gasteiger partial charge in [-0.25, -0.2) is 12.8 Å². The van der Waals surface area contributed by atoms with E-state index >= 15 is 0 Å². The van der Waals surface area contributed by atoms with Crippen molar-refractivity contribution in [3.8, 4) is 5.75 Å². The van der Waals surface area contributed by atoms with E-state index in [9.17, 15) is 22.4 Å². The number of sulfonamides is 1. The third-order valence-corrected chi connectivity index (χ3v) is 9.53. The molecule has 4 rings (SSSR count). The molecule has 11 heteroatoms. The van der Waals surface area contributed by atoms with Gasteiger partial charge in [-0.05, 0) is 78.6 Å². The fraction of sp³-hybridized carbons (Fsp3) is 0.278. The summed E-state index contributed by atoms with van der Waals surface area (Å²) < 4.78 is 48.5. The lowest BCUT2D eigenvalue weighted by Gasteiger charge is -2.34. The highest BCUT2D eigenvalue weighted by atomic mass is 35.5. The number of anilines is 1.